The molecule has 0 bridgehead atoms. The molecule has 1 atom stereocenters. The molecule has 0 radical (unpaired) electrons. The second-order valence-electron chi connectivity index (χ2n) is 11.7. The van der Waals surface area contributed by atoms with E-state index in [0.717, 1.165) is 72.3 Å². The maximum absolute atomic E-state index is 12.1. The van der Waals surface area contributed by atoms with Crippen LogP contribution in [-0.4, -0.2) is 90.7 Å². The minimum Gasteiger partial charge on any atom is -0.491 e. The Morgan fingerprint density at radius 3 is 2.73 bits per heavy atom. The number of aromatic nitrogens is 2. The van der Waals surface area contributed by atoms with Gasteiger partial charge < -0.3 is 30.4 Å². The fourth-order valence-electron chi connectivity index (χ4n) is 5.67. The third-order valence-corrected chi connectivity index (χ3v) is 8.32. The van der Waals surface area contributed by atoms with E-state index in [9.17, 15) is 9.90 Å². The molecule has 1 aliphatic rings. The molecule has 1 aliphatic heterocycles. The van der Waals surface area contributed by atoms with Gasteiger partial charge in [0.2, 0.25) is 0 Å². The van der Waals surface area contributed by atoms with Crippen LogP contribution in [0.25, 0.3) is 16.6 Å². The minimum absolute atomic E-state index is 0.156. The fraction of sp³-hybridized carbons (Fsp3) is 0.429. The Morgan fingerprint density at radius 2 is 2.05 bits per heavy atom. The summed E-state index contributed by atoms with van der Waals surface area (Å²) in [6.07, 6.45) is 8.69. The van der Waals surface area contributed by atoms with E-state index in [1.807, 2.05) is 37.4 Å². The molecule has 0 amide bonds. The zero-order chi connectivity index (χ0) is 31.6. The number of hydrogen-bond donors (Lipinski definition) is 4. The molecule has 9 nitrogen and oxygen atoms in total. The van der Waals surface area contributed by atoms with Gasteiger partial charge in [-0.15, -0.1) is 0 Å². The summed E-state index contributed by atoms with van der Waals surface area (Å²) in [5.41, 5.74) is 6.97. The molecule has 3 aromatic rings. The van der Waals surface area contributed by atoms with E-state index in [2.05, 4.69) is 66.0 Å². The number of nitrogens with zero attached hydrogens (tertiary/aromatic N) is 3. The minimum atomic E-state index is -0.750. The Bertz CT molecular complexity index is 1490. The van der Waals surface area contributed by atoms with E-state index < -0.39 is 6.10 Å². The lowest BCUT2D eigenvalue weighted by Gasteiger charge is -2.35. The Balaban J connectivity index is 1.52. The number of nitrogens with one attached hydrogen (secondary N) is 3. The maximum Gasteiger partial charge on any atom is 0.150 e. The zero-order valence-corrected chi connectivity index (χ0v) is 26.8. The lowest BCUT2D eigenvalue weighted by atomic mass is 10.0. The number of aryl methyl sites for hydroxylation is 2. The number of benzene rings is 2. The third-order valence-electron chi connectivity index (χ3n) is 8.32. The Hall–Kier alpha value is -3.92. The van der Waals surface area contributed by atoms with E-state index in [0.29, 0.717) is 29.5 Å². The van der Waals surface area contributed by atoms with E-state index in [1.54, 1.807) is 12.3 Å². The number of fused-ring (bicyclic) bond motifs is 1. The molecule has 1 fully saturated rings. The number of piperidine rings is 1. The second kappa shape index (κ2) is 15.7. The highest BCUT2D eigenvalue weighted by atomic mass is 16.5. The van der Waals surface area contributed by atoms with Crippen molar-refractivity contribution in [2.75, 3.05) is 47.4 Å². The summed E-state index contributed by atoms with van der Waals surface area (Å²) in [6, 6.07) is 10.5. The average molecular weight is 601 g/mol. The summed E-state index contributed by atoms with van der Waals surface area (Å²) in [5, 5.41) is 17.1. The predicted molar refractivity (Wildman–Crippen MR) is 179 cm³/mol. The first-order valence-electron chi connectivity index (χ1n) is 15.5. The van der Waals surface area contributed by atoms with Gasteiger partial charge in [-0.1, -0.05) is 37.3 Å². The highest BCUT2D eigenvalue weighted by Gasteiger charge is 2.22. The third kappa shape index (κ3) is 8.37. The van der Waals surface area contributed by atoms with Crippen LogP contribution in [0.5, 0.6) is 5.75 Å². The summed E-state index contributed by atoms with van der Waals surface area (Å²) < 4.78 is 5.96. The summed E-state index contributed by atoms with van der Waals surface area (Å²) in [6.45, 7) is 11.5. The lowest BCUT2D eigenvalue weighted by Crippen LogP contribution is -2.41. The normalized spacial score (nSPS) is 15.9. The molecule has 4 rings (SSSR count). The summed E-state index contributed by atoms with van der Waals surface area (Å²) in [4.78, 5) is 25.1. The van der Waals surface area contributed by atoms with Gasteiger partial charge in [-0.2, -0.15) is 0 Å². The van der Waals surface area contributed by atoms with Crippen LogP contribution < -0.4 is 15.4 Å². The van der Waals surface area contributed by atoms with Crippen LogP contribution in [0.1, 0.15) is 52.6 Å². The van der Waals surface area contributed by atoms with Crippen molar-refractivity contribution in [1.82, 2.24) is 30.4 Å². The first-order valence-corrected chi connectivity index (χ1v) is 15.5. The number of allylic oxidation sites excluding steroid dienone is 3. The molecule has 0 spiro atoms. The van der Waals surface area contributed by atoms with Crippen molar-refractivity contribution in [1.29, 1.82) is 0 Å². The van der Waals surface area contributed by atoms with Crippen molar-refractivity contribution >= 4 is 22.9 Å². The van der Waals surface area contributed by atoms with E-state index in [1.165, 1.54) is 5.56 Å². The number of likely N-dealkylation sites (tertiary alicyclic amines) is 1. The molecule has 0 aliphatic carbocycles. The predicted octanol–water partition coefficient (Wildman–Crippen LogP) is 4.43. The van der Waals surface area contributed by atoms with Gasteiger partial charge >= 0.3 is 0 Å². The van der Waals surface area contributed by atoms with Crippen LogP contribution in [0.4, 0.5) is 0 Å². The number of H-pyrrole nitrogens is 1. The zero-order valence-electron chi connectivity index (χ0n) is 26.8. The van der Waals surface area contributed by atoms with Crippen molar-refractivity contribution in [3.8, 4) is 5.75 Å². The maximum atomic E-state index is 12.1. The second-order valence-corrected chi connectivity index (χ2v) is 11.7. The Labute approximate surface area is 261 Å². The molecule has 1 saturated heterocycles. The summed E-state index contributed by atoms with van der Waals surface area (Å²) in [7, 11) is 6.13. The van der Waals surface area contributed by atoms with Gasteiger partial charge in [0.05, 0.1) is 11.0 Å². The lowest BCUT2D eigenvalue weighted by molar-refractivity contribution is 0.108. The van der Waals surface area contributed by atoms with Crippen molar-refractivity contribution < 1.29 is 14.6 Å². The molecule has 1 aromatic heterocycles. The van der Waals surface area contributed by atoms with Crippen LogP contribution in [0.15, 0.2) is 61.0 Å². The number of aldehydes is 1. The van der Waals surface area contributed by atoms with Gasteiger partial charge in [-0.25, -0.2) is 4.98 Å². The van der Waals surface area contributed by atoms with Gasteiger partial charge in [0.25, 0.3) is 0 Å². The number of hydrogen-bond acceptors (Lipinski definition) is 8. The Morgan fingerprint density at radius 1 is 1.27 bits per heavy atom. The van der Waals surface area contributed by atoms with E-state index >= 15 is 0 Å². The molecular formula is C35H48N6O3. The number of carbonyl (C=O) groups is 1. The van der Waals surface area contributed by atoms with E-state index in [4.69, 9.17) is 9.72 Å². The molecule has 1 unspecified atom stereocenters. The summed E-state index contributed by atoms with van der Waals surface area (Å²) in [5.74, 6) is 1.41. The topological polar surface area (TPSA) is 106 Å². The molecule has 0 saturated carbocycles. The van der Waals surface area contributed by atoms with Crippen LogP contribution in [0.2, 0.25) is 0 Å². The van der Waals surface area contributed by atoms with Crippen LogP contribution >= 0.6 is 0 Å². The number of aromatic amines is 1. The number of carbonyl (C=O) groups excluding carboxylic acids is 1. The van der Waals surface area contributed by atoms with Crippen LogP contribution in [-0.2, 0) is 13.0 Å². The number of rotatable bonds is 15. The first-order chi connectivity index (χ1) is 21.3. The molecule has 4 N–H and O–H groups in total. The monoisotopic (exact) mass is 600 g/mol. The smallest absolute Gasteiger partial charge is 0.150 e. The average Bonchev–Trinajstić information content (AvgIpc) is 3.43. The molecule has 44 heavy (non-hydrogen) atoms. The van der Waals surface area contributed by atoms with Gasteiger partial charge in [0.1, 0.15) is 30.6 Å². The number of aliphatic hydroxyl groups excluding tert-OH is 1. The molecular weight excluding hydrogens is 552 g/mol. The number of imidazole rings is 1. The van der Waals surface area contributed by atoms with Crippen molar-refractivity contribution in [3.63, 3.8) is 0 Å². The number of ether oxygens (including phenoxy) is 1. The Kier molecular flexibility index (Phi) is 11.8. The highest BCUT2D eigenvalue weighted by Crippen LogP contribution is 2.26. The van der Waals surface area contributed by atoms with Crippen LogP contribution in [0, 0.1) is 6.92 Å². The van der Waals surface area contributed by atoms with Gasteiger partial charge in [-0.05, 0) is 95.0 Å². The quantitative estimate of drug-likeness (QED) is 0.150. The van der Waals surface area contributed by atoms with Crippen molar-refractivity contribution in [3.05, 3.63) is 89.0 Å². The van der Waals surface area contributed by atoms with Crippen molar-refractivity contribution in [2.24, 2.45) is 0 Å². The largest absolute Gasteiger partial charge is 0.491 e. The number of aliphatic hydroxyl groups is 1. The molecule has 9 heteroatoms. The van der Waals surface area contributed by atoms with Crippen molar-refractivity contribution in [2.45, 2.75) is 51.8 Å². The fourth-order valence-corrected chi connectivity index (χ4v) is 5.67. The van der Waals surface area contributed by atoms with Gasteiger partial charge in [0, 0.05) is 43.0 Å². The first kappa shape index (κ1) is 33.0. The SMILES string of the molecule is C=C/C(=C(\C=C/NC)NCC(O)COc1ccc(C)cc1CC)c1nc2cc(C=O)c(CN(C)C3CCN(C)CC3)cc2[nH]1. The highest BCUT2D eigenvalue weighted by molar-refractivity contribution is 5.89. The van der Waals surface area contributed by atoms with Crippen LogP contribution in [0.3, 0.4) is 0 Å². The standard InChI is InChI=1S/C35H48N6O3/c1-7-25-17-24(3)9-10-34(25)44-23-29(43)20-37-31(11-14-36-4)30(8-2)35-38-32-18-26(27(22-42)19-33(32)39-35)21-41(6)28-12-15-40(5)16-13-28/h8-11,14,17-19,22,28-29,36-37,43H,2,7,12-13,15-16,20-21,23H2,1,3-6H3,(H,38,39)/b14-11-,31-30-. The molecule has 236 valence electrons. The molecule has 2 heterocycles. The molecule has 2 aromatic carbocycles. The van der Waals surface area contributed by atoms with Gasteiger partial charge in [-0.3, -0.25) is 9.69 Å². The van der Waals surface area contributed by atoms with E-state index in [-0.39, 0.29) is 13.2 Å². The summed E-state index contributed by atoms with van der Waals surface area (Å²) >= 11 is 0. The van der Waals surface area contributed by atoms with Gasteiger partial charge in [0.15, 0.2) is 0 Å².